The Morgan fingerprint density at radius 3 is 2.11 bits per heavy atom. The van der Waals surface area contributed by atoms with Crippen LogP contribution < -0.4 is 10.1 Å². The van der Waals surface area contributed by atoms with Crippen LogP contribution in [0.1, 0.15) is 73.8 Å². The van der Waals surface area contributed by atoms with E-state index in [0.29, 0.717) is 18.8 Å². The molecule has 8 heteroatoms. The number of carbonyl (C=O) groups is 3. The van der Waals surface area contributed by atoms with Crippen molar-refractivity contribution in [1.29, 1.82) is 0 Å². The van der Waals surface area contributed by atoms with Crippen LogP contribution in [0, 0.1) is 19.7 Å². The lowest BCUT2D eigenvalue weighted by atomic mass is 9.87. The highest BCUT2D eigenvalue weighted by Gasteiger charge is 2.49. The van der Waals surface area contributed by atoms with E-state index in [0.717, 1.165) is 30.4 Å². The summed E-state index contributed by atoms with van der Waals surface area (Å²) >= 11 is 0. The fourth-order valence-corrected chi connectivity index (χ4v) is 5.23. The van der Waals surface area contributed by atoms with Gasteiger partial charge in [0, 0.05) is 6.92 Å². The van der Waals surface area contributed by atoms with Gasteiger partial charge in [-0.15, -0.1) is 0 Å². The molecule has 0 heterocycles. The average molecular weight is 606 g/mol. The highest BCUT2D eigenvalue weighted by atomic mass is 19.1. The lowest BCUT2D eigenvalue weighted by molar-refractivity contribution is -0.168. The van der Waals surface area contributed by atoms with Crippen molar-refractivity contribution in [2.75, 3.05) is 19.8 Å². The van der Waals surface area contributed by atoms with E-state index < -0.39 is 23.4 Å². The number of esters is 2. The molecule has 3 aromatic rings. The van der Waals surface area contributed by atoms with Gasteiger partial charge in [0.1, 0.15) is 11.6 Å². The highest BCUT2D eigenvalue weighted by molar-refractivity contribution is 6.07. The van der Waals surface area contributed by atoms with E-state index in [4.69, 9.17) is 14.2 Å². The topological polar surface area (TPSA) is 90.9 Å². The van der Waals surface area contributed by atoms with Crippen LogP contribution in [0.3, 0.4) is 0 Å². The number of benzene rings is 3. The van der Waals surface area contributed by atoms with Crippen molar-refractivity contribution in [1.82, 2.24) is 5.32 Å². The second kappa shape index (κ2) is 16.6. The summed E-state index contributed by atoms with van der Waals surface area (Å²) in [6.45, 7) is 9.31. The lowest BCUT2D eigenvalue weighted by Crippen LogP contribution is -2.61. The smallest absolute Gasteiger partial charge is 0.343 e. The third-order valence-corrected chi connectivity index (χ3v) is 7.69. The SMILES string of the molecule is CCOC(=O)C(CCc1ccc(OCCCC(Cc2ccc(C)c(C)c2)c2cccc(F)c2)cc1)(NC(C)=O)C(=O)OCC. The van der Waals surface area contributed by atoms with Crippen LogP contribution in [-0.4, -0.2) is 43.2 Å². The van der Waals surface area contributed by atoms with Gasteiger partial charge >= 0.3 is 11.9 Å². The Morgan fingerprint density at radius 1 is 0.864 bits per heavy atom. The van der Waals surface area contributed by atoms with E-state index in [1.165, 1.54) is 29.7 Å². The molecule has 1 unspecified atom stereocenters. The quantitative estimate of drug-likeness (QED) is 0.113. The summed E-state index contributed by atoms with van der Waals surface area (Å²) in [5, 5.41) is 2.49. The highest BCUT2D eigenvalue weighted by Crippen LogP contribution is 2.28. The minimum absolute atomic E-state index is 0.0214. The summed E-state index contributed by atoms with van der Waals surface area (Å²) in [5.41, 5.74) is 3.62. The Morgan fingerprint density at radius 2 is 1.52 bits per heavy atom. The first-order valence-electron chi connectivity index (χ1n) is 15.2. The maximum absolute atomic E-state index is 14.1. The second-order valence-electron chi connectivity index (χ2n) is 11.0. The van der Waals surface area contributed by atoms with Crippen LogP contribution in [0.2, 0.25) is 0 Å². The number of hydrogen-bond donors (Lipinski definition) is 1. The number of amides is 1. The summed E-state index contributed by atoms with van der Waals surface area (Å²) in [6.07, 6.45) is 2.72. The zero-order valence-electron chi connectivity index (χ0n) is 26.4. The van der Waals surface area contributed by atoms with Crippen LogP contribution in [0.4, 0.5) is 4.39 Å². The lowest BCUT2D eigenvalue weighted by Gasteiger charge is -2.29. The maximum atomic E-state index is 14.1. The molecule has 0 bridgehead atoms. The van der Waals surface area contributed by atoms with Crippen molar-refractivity contribution in [3.8, 4) is 5.75 Å². The van der Waals surface area contributed by atoms with Crippen molar-refractivity contribution in [3.05, 3.63) is 100 Å². The third kappa shape index (κ3) is 9.66. The van der Waals surface area contributed by atoms with Crippen LogP contribution in [0.25, 0.3) is 0 Å². The molecule has 0 aliphatic rings. The Hall–Kier alpha value is -4.20. The van der Waals surface area contributed by atoms with Gasteiger partial charge in [-0.1, -0.05) is 42.5 Å². The van der Waals surface area contributed by atoms with E-state index in [2.05, 4.69) is 37.4 Å². The van der Waals surface area contributed by atoms with Crippen molar-refractivity contribution in [2.24, 2.45) is 0 Å². The van der Waals surface area contributed by atoms with E-state index in [-0.39, 0.29) is 31.4 Å². The Kier molecular flexibility index (Phi) is 12.9. The minimum atomic E-state index is -1.93. The fourth-order valence-electron chi connectivity index (χ4n) is 5.23. The molecular formula is C36H44FNO6. The van der Waals surface area contributed by atoms with Crippen molar-refractivity contribution in [2.45, 2.75) is 78.2 Å². The van der Waals surface area contributed by atoms with Gasteiger partial charge in [-0.25, -0.2) is 14.0 Å². The van der Waals surface area contributed by atoms with Crippen LogP contribution in [0.5, 0.6) is 5.75 Å². The van der Waals surface area contributed by atoms with E-state index in [9.17, 15) is 18.8 Å². The van der Waals surface area contributed by atoms with Gasteiger partial charge < -0.3 is 19.5 Å². The zero-order valence-corrected chi connectivity index (χ0v) is 26.4. The zero-order chi connectivity index (χ0) is 32.1. The van der Waals surface area contributed by atoms with Crippen LogP contribution >= 0.6 is 0 Å². The third-order valence-electron chi connectivity index (χ3n) is 7.69. The number of halogens is 1. The molecule has 0 aliphatic heterocycles. The van der Waals surface area contributed by atoms with Gasteiger partial charge in [0.2, 0.25) is 11.4 Å². The Labute approximate surface area is 260 Å². The number of aryl methyl sites for hydroxylation is 3. The standard InChI is InChI=1S/C36H44FNO6/c1-6-42-34(40)36(38-27(5)39,35(41)43-7-2)20-19-28-15-17-33(18-16-28)44-21-9-11-30(31-10-8-12-32(37)24-31)23-29-14-13-25(3)26(4)22-29/h8,10,12-18,22,24,30H,6-7,9,11,19-21,23H2,1-5H3,(H,38,39). The second-order valence-corrected chi connectivity index (χ2v) is 11.0. The Balaban J connectivity index is 1.62. The average Bonchev–Trinajstić information content (AvgIpc) is 2.99. The minimum Gasteiger partial charge on any atom is -0.494 e. The number of rotatable bonds is 16. The molecule has 3 rings (SSSR count). The first-order valence-corrected chi connectivity index (χ1v) is 15.2. The molecule has 0 aromatic heterocycles. The van der Waals surface area contributed by atoms with E-state index in [1.54, 1.807) is 26.0 Å². The predicted octanol–water partition coefficient (Wildman–Crippen LogP) is 6.56. The predicted molar refractivity (Wildman–Crippen MR) is 168 cm³/mol. The fraction of sp³-hybridized carbons (Fsp3) is 0.417. The largest absolute Gasteiger partial charge is 0.494 e. The van der Waals surface area contributed by atoms with Gasteiger partial charge in [-0.05, 0) is 118 Å². The number of ether oxygens (including phenoxy) is 3. The summed E-state index contributed by atoms with van der Waals surface area (Å²) in [6, 6.07) is 20.7. The molecular weight excluding hydrogens is 561 g/mol. The number of nitrogens with one attached hydrogen (secondary N) is 1. The normalized spacial score (nSPS) is 11.9. The number of carbonyl (C=O) groups excluding carboxylic acids is 3. The first kappa shape index (κ1) is 34.3. The van der Waals surface area contributed by atoms with Crippen molar-refractivity contribution < 1.29 is 33.0 Å². The van der Waals surface area contributed by atoms with Gasteiger partial charge in [0.05, 0.1) is 19.8 Å². The molecule has 0 aliphatic carbocycles. The molecule has 1 atom stereocenters. The molecule has 0 saturated carbocycles. The molecule has 0 spiro atoms. The summed E-state index contributed by atoms with van der Waals surface area (Å²) in [4.78, 5) is 37.6. The molecule has 7 nitrogen and oxygen atoms in total. The van der Waals surface area contributed by atoms with Crippen molar-refractivity contribution in [3.63, 3.8) is 0 Å². The maximum Gasteiger partial charge on any atom is 0.343 e. The van der Waals surface area contributed by atoms with Crippen molar-refractivity contribution >= 4 is 17.8 Å². The molecule has 1 amide bonds. The van der Waals surface area contributed by atoms with Gasteiger partial charge in [-0.3, -0.25) is 4.79 Å². The first-order chi connectivity index (χ1) is 21.1. The Bertz CT molecular complexity index is 1390. The van der Waals surface area contributed by atoms with Crippen LogP contribution in [0.15, 0.2) is 66.7 Å². The molecule has 3 aromatic carbocycles. The van der Waals surface area contributed by atoms with E-state index >= 15 is 0 Å². The van der Waals surface area contributed by atoms with Gasteiger partial charge in [0.15, 0.2) is 0 Å². The summed E-state index contributed by atoms with van der Waals surface area (Å²) in [7, 11) is 0. The number of hydrogen-bond acceptors (Lipinski definition) is 6. The molecule has 0 fully saturated rings. The van der Waals surface area contributed by atoms with Crippen LogP contribution in [-0.2, 0) is 36.7 Å². The molecule has 44 heavy (non-hydrogen) atoms. The molecule has 0 radical (unpaired) electrons. The summed E-state index contributed by atoms with van der Waals surface area (Å²) < 4.78 is 30.4. The molecule has 1 N–H and O–H groups in total. The van der Waals surface area contributed by atoms with Gasteiger partial charge in [-0.2, -0.15) is 0 Å². The van der Waals surface area contributed by atoms with E-state index in [1.807, 2.05) is 30.3 Å². The summed E-state index contributed by atoms with van der Waals surface area (Å²) in [5.74, 6) is -1.62. The monoisotopic (exact) mass is 605 g/mol. The van der Waals surface area contributed by atoms with Gasteiger partial charge in [0.25, 0.3) is 0 Å². The molecule has 0 saturated heterocycles. The molecule has 236 valence electrons.